The highest BCUT2D eigenvalue weighted by molar-refractivity contribution is 6.35. The van der Waals surface area contributed by atoms with E-state index in [-0.39, 0.29) is 5.75 Å². The summed E-state index contributed by atoms with van der Waals surface area (Å²) in [6.45, 7) is 1.92. The lowest BCUT2D eigenvalue weighted by Crippen LogP contribution is -1.83. The second-order valence-electron chi connectivity index (χ2n) is 2.92. The van der Waals surface area contributed by atoms with Gasteiger partial charge in [-0.25, -0.2) is 0 Å². The van der Waals surface area contributed by atoms with Crippen molar-refractivity contribution in [3.05, 3.63) is 35.0 Å². The number of benzene rings is 1. The third kappa shape index (κ3) is 1.23. The van der Waals surface area contributed by atoms with Crippen molar-refractivity contribution in [2.24, 2.45) is 0 Å². The normalized spacial score (nSPS) is 10.6. The SMILES string of the molecule is Cc1ccnc2c(Cl)ccc(O)c12. The molecule has 0 aliphatic heterocycles. The number of aromatic nitrogens is 1. The van der Waals surface area contributed by atoms with Crippen molar-refractivity contribution < 1.29 is 5.11 Å². The molecule has 3 heteroatoms. The van der Waals surface area contributed by atoms with Gasteiger partial charge >= 0.3 is 0 Å². The molecule has 0 fully saturated rings. The number of aryl methyl sites for hydroxylation is 1. The molecule has 0 aliphatic rings. The first-order chi connectivity index (χ1) is 6.20. The van der Waals surface area contributed by atoms with Crippen molar-refractivity contribution in [3.8, 4) is 5.75 Å². The smallest absolute Gasteiger partial charge is 0.125 e. The molecule has 2 aromatic rings. The predicted octanol–water partition coefficient (Wildman–Crippen LogP) is 2.90. The molecule has 2 rings (SSSR count). The van der Waals surface area contributed by atoms with E-state index in [9.17, 15) is 5.11 Å². The van der Waals surface area contributed by atoms with Crippen LogP contribution in [0.25, 0.3) is 10.9 Å². The Hall–Kier alpha value is -1.28. The lowest BCUT2D eigenvalue weighted by atomic mass is 10.1. The van der Waals surface area contributed by atoms with Crippen LogP contribution in [-0.2, 0) is 0 Å². The molecule has 0 atom stereocenters. The van der Waals surface area contributed by atoms with Crippen LogP contribution in [0.2, 0.25) is 5.02 Å². The standard InChI is InChI=1S/C10H8ClNO/c1-6-4-5-12-10-7(11)2-3-8(13)9(6)10/h2-5,13H,1H3. The molecule has 0 amide bonds. The maximum absolute atomic E-state index is 9.58. The van der Waals surface area contributed by atoms with E-state index in [0.29, 0.717) is 10.5 Å². The van der Waals surface area contributed by atoms with Gasteiger partial charge in [0.25, 0.3) is 0 Å². The van der Waals surface area contributed by atoms with Crippen molar-refractivity contribution in [2.45, 2.75) is 6.92 Å². The van der Waals surface area contributed by atoms with E-state index in [2.05, 4.69) is 4.98 Å². The molecule has 0 spiro atoms. The highest BCUT2D eigenvalue weighted by Gasteiger charge is 2.06. The van der Waals surface area contributed by atoms with Gasteiger partial charge in [-0.3, -0.25) is 4.98 Å². The first-order valence-electron chi connectivity index (χ1n) is 3.93. The van der Waals surface area contributed by atoms with Gasteiger partial charge < -0.3 is 5.11 Å². The van der Waals surface area contributed by atoms with Gasteiger partial charge in [0, 0.05) is 11.6 Å². The molecule has 0 saturated heterocycles. The number of phenols is 1. The summed E-state index contributed by atoms with van der Waals surface area (Å²) >= 11 is 5.93. The minimum atomic E-state index is 0.227. The molecule has 0 unspecified atom stereocenters. The van der Waals surface area contributed by atoms with Gasteiger partial charge in [0.2, 0.25) is 0 Å². The largest absolute Gasteiger partial charge is 0.507 e. The van der Waals surface area contributed by atoms with Crippen LogP contribution in [0, 0.1) is 6.92 Å². The summed E-state index contributed by atoms with van der Waals surface area (Å²) in [6, 6.07) is 5.07. The third-order valence-electron chi connectivity index (χ3n) is 2.03. The molecule has 66 valence electrons. The van der Waals surface area contributed by atoms with E-state index in [1.165, 1.54) is 0 Å². The molecular weight excluding hydrogens is 186 g/mol. The monoisotopic (exact) mass is 193 g/mol. The fraction of sp³-hybridized carbons (Fsp3) is 0.100. The summed E-state index contributed by atoms with van der Waals surface area (Å²) in [5.74, 6) is 0.227. The zero-order chi connectivity index (χ0) is 9.42. The van der Waals surface area contributed by atoms with Crippen molar-refractivity contribution in [2.75, 3.05) is 0 Å². The highest BCUT2D eigenvalue weighted by Crippen LogP contribution is 2.30. The molecule has 1 aromatic carbocycles. The summed E-state index contributed by atoms with van der Waals surface area (Å²) < 4.78 is 0. The second-order valence-corrected chi connectivity index (χ2v) is 3.33. The molecule has 0 aliphatic carbocycles. The van der Waals surface area contributed by atoms with Crippen LogP contribution in [0.4, 0.5) is 0 Å². The minimum Gasteiger partial charge on any atom is -0.507 e. The summed E-state index contributed by atoms with van der Waals surface area (Å²) in [5, 5.41) is 10.9. The Morgan fingerprint density at radius 2 is 2.08 bits per heavy atom. The van der Waals surface area contributed by atoms with Crippen LogP contribution in [0.15, 0.2) is 24.4 Å². The Balaban J connectivity index is 3.00. The zero-order valence-electron chi connectivity index (χ0n) is 7.08. The van der Waals surface area contributed by atoms with E-state index in [4.69, 9.17) is 11.6 Å². The van der Waals surface area contributed by atoms with E-state index in [1.807, 2.05) is 13.0 Å². The Labute approximate surface area is 80.8 Å². The number of hydrogen-bond donors (Lipinski definition) is 1. The van der Waals surface area contributed by atoms with E-state index < -0.39 is 0 Å². The average molecular weight is 194 g/mol. The Morgan fingerprint density at radius 3 is 2.77 bits per heavy atom. The van der Waals surface area contributed by atoms with Crippen molar-refractivity contribution >= 4 is 22.5 Å². The van der Waals surface area contributed by atoms with Gasteiger partial charge in [-0.1, -0.05) is 11.6 Å². The quantitative estimate of drug-likeness (QED) is 0.698. The molecule has 2 nitrogen and oxygen atoms in total. The average Bonchev–Trinajstić information content (AvgIpc) is 2.12. The summed E-state index contributed by atoms with van der Waals surface area (Å²) in [5.41, 5.74) is 1.63. The summed E-state index contributed by atoms with van der Waals surface area (Å²) in [6.07, 6.45) is 1.68. The molecular formula is C10H8ClNO. The van der Waals surface area contributed by atoms with Crippen LogP contribution in [0.5, 0.6) is 5.75 Å². The van der Waals surface area contributed by atoms with Crippen LogP contribution >= 0.6 is 11.6 Å². The molecule has 1 heterocycles. The Kier molecular flexibility index (Phi) is 1.85. The number of phenolic OH excluding ortho intramolecular Hbond substituents is 1. The maximum atomic E-state index is 9.58. The lowest BCUT2D eigenvalue weighted by Gasteiger charge is -2.04. The van der Waals surface area contributed by atoms with E-state index in [1.54, 1.807) is 18.3 Å². The first kappa shape index (κ1) is 8.32. The number of fused-ring (bicyclic) bond motifs is 1. The van der Waals surface area contributed by atoms with Crippen LogP contribution in [-0.4, -0.2) is 10.1 Å². The fourth-order valence-corrected chi connectivity index (χ4v) is 1.58. The van der Waals surface area contributed by atoms with Gasteiger partial charge in [-0.2, -0.15) is 0 Å². The third-order valence-corrected chi connectivity index (χ3v) is 2.33. The molecule has 0 saturated carbocycles. The number of rotatable bonds is 0. The number of pyridine rings is 1. The molecule has 1 N–H and O–H groups in total. The fourth-order valence-electron chi connectivity index (χ4n) is 1.38. The van der Waals surface area contributed by atoms with Gasteiger partial charge in [0.05, 0.1) is 10.5 Å². The van der Waals surface area contributed by atoms with Crippen LogP contribution < -0.4 is 0 Å². The summed E-state index contributed by atoms with van der Waals surface area (Å²) in [4.78, 5) is 4.11. The Morgan fingerprint density at radius 1 is 1.31 bits per heavy atom. The van der Waals surface area contributed by atoms with Crippen molar-refractivity contribution in [3.63, 3.8) is 0 Å². The lowest BCUT2D eigenvalue weighted by molar-refractivity contribution is 0.481. The molecule has 0 bridgehead atoms. The number of hydrogen-bond acceptors (Lipinski definition) is 2. The van der Waals surface area contributed by atoms with Crippen molar-refractivity contribution in [1.29, 1.82) is 0 Å². The molecule has 13 heavy (non-hydrogen) atoms. The van der Waals surface area contributed by atoms with Crippen molar-refractivity contribution in [1.82, 2.24) is 4.98 Å². The Bertz CT molecular complexity index is 459. The van der Waals surface area contributed by atoms with Gasteiger partial charge in [-0.05, 0) is 30.7 Å². The van der Waals surface area contributed by atoms with Gasteiger partial charge in [0.1, 0.15) is 5.75 Å². The first-order valence-corrected chi connectivity index (χ1v) is 4.31. The van der Waals surface area contributed by atoms with Gasteiger partial charge in [0.15, 0.2) is 0 Å². The number of aromatic hydroxyl groups is 1. The summed E-state index contributed by atoms with van der Waals surface area (Å²) in [7, 11) is 0. The maximum Gasteiger partial charge on any atom is 0.125 e. The minimum absolute atomic E-state index is 0.227. The van der Waals surface area contributed by atoms with E-state index >= 15 is 0 Å². The second kappa shape index (κ2) is 2.89. The number of nitrogens with zero attached hydrogens (tertiary/aromatic N) is 1. The molecule has 0 radical (unpaired) electrons. The highest BCUT2D eigenvalue weighted by atomic mass is 35.5. The predicted molar refractivity (Wildman–Crippen MR) is 53.2 cm³/mol. The van der Waals surface area contributed by atoms with Crippen LogP contribution in [0.1, 0.15) is 5.56 Å². The molecule has 1 aromatic heterocycles. The zero-order valence-corrected chi connectivity index (χ0v) is 7.84. The topological polar surface area (TPSA) is 33.1 Å². The van der Waals surface area contributed by atoms with Gasteiger partial charge in [-0.15, -0.1) is 0 Å². The van der Waals surface area contributed by atoms with E-state index in [0.717, 1.165) is 10.9 Å². The van der Waals surface area contributed by atoms with Crippen LogP contribution in [0.3, 0.4) is 0 Å². The number of halogens is 1.